The molecule has 1 spiro atoms. The maximum atomic E-state index is 6.15. The molecule has 3 rings (SSSR count). The van der Waals surface area contributed by atoms with Gasteiger partial charge in [-0.05, 0) is 50.7 Å². The van der Waals surface area contributed by atoms with Gasteiger partial charge in [-0.25, -0.2) is 0 Å². The number of anilines is 1. The quantitative estimate of drug-likeness (QED) is 0.860. The van der Waals surface area contributed by atoms with Crippen LogP contribution in [0.5, 0.6) is 0 Å². The Morgan fingerprint density at radius 2 is 2.05 bits per heavy atom. The summed E-state index contributed by atoms with van der Waals surface area (Å²) in [4.78, 5) is 9.12. The molecule has 1 aromatic carbocycles. The van der Waals surface area contributed by atoms with Gasteiger partial charge in [0.1, 0.15) is 0 Å². The molecule has 1 unspecified atom stereocenters. The normalized spacial score (nSPS) is 27.9. The van der Waals surface area contributed by atoms with Crippen LogP contribution in [0.2, 0.25) is 0 Å². The summed E-state index contributed by atoms with van der Waals surface area (Å²) >= 11 is 3.48. The van der Waals surface area contributed by atoms with E-state index in [2.05, 4.69) is 62.0 Å². The number of hydrogen-bond acceptors (Lipinski definition) is 4. The minimum atomic E-state index is 0.0465. The predicted molar refractivity (Wildman–Crippen MR) is 82.6 cm³/mol. The van der Waals surface area contributed by atoms with Gasteiger partial charge in [-0.1, -0.05) is 15.9 Å². The van der Waals surface area contributed by atoms with E-state index in [1.54, 1.807) is 0 Å². The van der Waals surface area contributed by atoms with Crippen LogP contribution >= 0.6 is 15.9 Å². The second kappa shape index (κ2) is 4.80. The molecule has 1 saturated heterocycles. The van der Waals surface area contributed by atoms with Gasteiger partial charge in [-0.3, -0.25) is 4.99 Å². The zero-order chi connectivity index (χ0) is 13.5. The molecule has 0 radical (unpaired) electrons. The predicted octanol–water partition coefficient (Wildman–Crippen LogP) is 2.05. The van der Waals surface area contributed by atoms with E-state index in [0.29, 0.717) is 5.96 Å². The number of benzene rings is 1. The Balaban J connectivity index is 1.96. The molecule has 102 valence electrons. The zero-order valence-corrected chi connectivity index (χ0v) is 12.7. The van der Waals surface area contributed by atoms with Gasteiger partial charge >= 0.3 is 0 Å². The molecule has 2 heterocycles. The first-order chi connectivity index (χ1) is 9.11. The van der Waals surface area contributed by atoms with Crippen LogP contribution in [-0.2, 0) is 0 Å². The van der Waals surface area contributed by atoms with Crippen molar-refractivity contribution in [1.82, 2.24) is 4.90 Å². The summed E-state index contributed by atoms with van der Waals surface area (Å²) in [5, 5.41) is 0. The van der Waals surface area contributed by atoms with E-state index in [9.17, 15) is 0 Å². The minimum Gasteiger partial charge on any atom is -0.369 e. The second-order valence-electron chi connectivity index (χ2n) is 5.55. The van der Waals surface area contributed by atoms with Gasteiger partial charge in [0.05, 0.1) is 12.1 Å². The average molecular weight is 323 g/mol. The van der Waals surface area contributed by atoms with Crippen molar-refractivity contribution < 1.29 is 0 Å². The van der Waals surface area contributed by atoms with E-state index >= 15 is 0 Å². The number of likely N-dealkylation sites (N-methyl/N-ethyl adjacent to an activating group) is 1. The highest BCUT2D eigenvalue weighted by Crippen LogP contribution is 2.35. The van der Waals surface area contributed by atoms with Crippen molar-refractivity contribution in [2.24, 2.45) is 10.7 Å². The Kier molecular flexibility index (Phi) is 3.27. The van der Waals surface area contributed by atoms with E-state index in [-0.39, 0.29) is 5.54 Å². The number of hydrogen-bond donors (Lipinski definition) is 1. The first-order valence-corrected chi connectivity index (χ1v) is 7.44. The molecular weight excluding hydrogens is 304 g/mol. The smallest absolute Gasteiger partial charge is 0.196 e. The van der Waals surface area contributed by atoms with Gasteiger partial charge in [-0.15, -0.1) is 0 Å². The third-order valence-electron chi connectivity index (χ3n) is 4.07. The molecule has 2 aliphatic rings. The number of halogens is 1. The molecular formula is C14H19BrN4. The molecule has 2 aliphatic heterocycles. The van der Waals surface area contributed by atoms with Crippen LogP contribution in [0.1, 0.15) is 12.8 Å². The highest BCUT2D eigenvalue weighted by Gasteiger charge is 2.45. The van der Waals surface area contributed by atoms with Gasteiger partial charge < -0.3 is 15.5 Å². The van der Waals surface area contributed by atoms with E-state index in [1.165, 1.54) is 6.42 Å². The monoisotopic (exact) mass is 322 g/mol. The number of guanidine groups is 1. The Bertz CT molecular complexity index is 499. The second-order valence-corrected chi connectivity index (χ2v) is 6.47. The van der Waals surface area contributed by atoms with Crippen LogP contribution in [0.15, 0.2) is 33.7 Å². The summed E-state index contributed by atoms with van der Waals surface area (Å²) in [5.41, 5.74) is 7.33. The summed E-state index contributed by atoms with van der Waals surface area (Å²) in [7, 11) is 2.18. The first-order valence-electron chi connectivity index (χ1n) is 6.65. The number of likely N-dealkylation sites (tertiary alicyclic amines) is 1. The van der Waals surface area contributed by atoms with Gasteiger partial charge in [0, 0.05) is 16.7 Å². The molecule has 19 heavy (non-hydrogen) atoms. The van der Waals surface area contributed by atoms with Crippen LogP contribution in [0.3, 0.4) is 0 Å². The van der Waals surface area contributed by atoms with Crippen LogP contribution in [0.4, 0.5) is 5.69 Å². The Morgan fingerprint density at radius 3 is 2.74 bits per heavy atom. The van der Waals surface area contributed by atoms with Gasteiger partial charge in [-0.2, -0.15) is 0 Å². The molecule has 5 heteroatoms. The van der Waals surface area contributed by atoms with Crippen molar-refractivity contribution in [2.75, 3.05) is 31.6 Å². The summed E-state index contributed by atoms with van der Waals surface area (Å²) in [6.45, 7) is 2.99. The number of nitrogens with zero attached hydrogens (tertiary/aromatic N) is 3. The topological polar surface area (TPSA) is 44.9 Å². The van der Waals surface area contributed by atoms with Crippen LogP contribution < -0.4 is 10.6 Å². The zero-order valence-electron chi connectivity index (χ0n) is 11.1. The summed E-state index contributed by atoms with van der Waals surface area (Å²) in [6.07, 6.45) is 2.35. The lowest BCUT2D eigenvalue weighted by molar-refractivity contribution is 0.191. The first kappa shape index (κ1) is 12.9. The molecule has 1 atom stereocenters. The fourth-order valence-electron chi connectivity index (χ4n) is 3.26. The van der Waals surface area contributed by atoms with Crippen molar-refractivity contribution in [3.8, 4) is 0 Å². The molecule has 1 aromatic rings. The fourth-order valence-corrected chi connectivity index (χ4v) is 3.52. The van der Waals surface area contributed by atoms with Crippen molar-refractivity contribution >= 4 is 27.6 Å². The van der Waals surface area contributed by atoms with Crippen molar-refractivity contribution in [3.63, 3.8) is 0 Å². The van der Waals surface area contributed by atoms with E-state index in [4.69, 9.17) is 5.73 Å². The lowest BCUT2D eigenvalue weighted by Crippen LogP contribution is -2.60. The van der Waals surface area contributed by atoms with Crippen LogP contribution in [0.25, 0.3) is 0 Å². The third-order valence-corrected chi connectivity index (χ3v) is 4.60. The molecule has 0 amide bonds. The van der Waals surface area contributed by atoms with Crippen molar-refractivity contribution in [3.05, 3.63) is 28.7 Å². The highest BCUT2D eigenvalue weighted by atomic mass is 79.9. The Morgan fingerprint density at radius 1 is 1.32 bits per heavy atom. The molecule has 2 N–H and O–H groups in total. The lowest BCUT2D eigenvalue weighted by Gasteiger charge is -2.45. The largest absolute Gasteiger partial charge is 0.369 e. The van der Waals surface area contributed by atoms with Crippen LogP contribution in [0, 0.1) is 0 Å². The molecule has 0 saturated carbocycles. The molecule has 0 bridgehead atoms. The number of aliphatic imine (C=N–C) groups is 1. The van der Waals surface area contributed by atoms with Crippen molar-refractivity contribution in [1.29, 1.82) is 0 Å². The SMILES string of the molecule is CN1CCCC2(CN=C(N)N2c2ccc(Br)cc2)C1. The van der Waals surface area contributed by atoms with Gasteiger partial charge in [0.2, 0.25) is 0 Å². The highest BCUT2D eigenvalue weighted by molar-refractivity contribution is 9.10. The van der Waals surface area contributed by atoms with Crippen LogP contribution in [-0.4, -0.2) is 43.1 Å². The number of rotatable bonds is 1. The summed E-state index contributed by atoms with van der Waals surface area (Å²) in [5.74, 6) is 0.651. The summed E-state index contributed by atoms with van der Waals surface area (Å²) in [6, 6.07) is 8.32. The lowest BCUT2D eigenvalue weighted by atomic mass is 9.88. The third kappa shape index (κ3) is 2.25. The van der Waals surface area contributed by atoms with Gasteiger partial charge in [0.25, 0.3) is 0 Å². The molecule has 0 aliphatic carbocycles. The number of piperidine rings is 1. The van der Waals surface area contributed by atoms with E-state index in [1.807, 2.05) is 0 Å². The molecule has 1 fully saturated rings. The maximum absolute atomic E-state index is 6.15. The molecule has 0 aromatic heterocycles. The minimum absolute atomic E-state index is 0.0465. The summed E-state index contributed by atoms with van der Waals surface area (Å²) < 4.78 is 1.08. The van der Waals surface area contributed by atoms with Crippen molar-refractivity contribution in [2.45, 2.75) is 18.4 Å². The fraction of sp³-hybridized carbons (Fsp3) is 0.500. The standard InChI is InChI=1S/C14H19BrN4/c1-18-8-2-7-14(10-18)9-17-13(16)19(14)12-5-3-11(15)4-6-12/h3-6H,2,7-10H2,1H3,(H2,16,17). The Labute approximate surface area is 122 Å². The van der Waals surface area contributed by atoms with E-state index in [0.717, 1.165) is 36.2 Å². The average Bonchev–Trinajstić information content (AvgIpc) is 2.68. The molecule has 4 nitrogen and oxygen atoms in total. The van der Waals surface area contributed by atoms with E-state index < -0.39 is 0 Å². The van der Waals surface area contributed by atoms with Gasteiger partial charge in [0.15, 0.2) is 5.96 Å². The Hall–Kier alpha value is -1.07. The number of nitrogens with two attached hydrogens (primary N) is 1. The maximum Gasteiger partial charge on any atom is 0.196 e.